The smallest absolute Gasteiger partial charge is 0.259 e. The number of aromatic nitrogens is 1. The molecular formula is C22H17FN4O2S. The lowest BCUT2D eigenvalue weighted by molar-refractivity contribution is -0.120. The molecule has 2 heterocycles. The first-order chi connectivity index (χ1) is 14.2. The topological polar surface area (TPSA) is 69.3 Å². The van der Waals surface area contributed by atoms with Gasteiger partial charge in [0.25, 0.3) is 11.5 Å². The number of halogens is 1. The normalized spacial score (nSPS) is 15.7. The number of hydrogen-bond acceptors (Lipinski definition) is 4. The number of benzene rings is 2. The van der Waals surface area contributed by atoms with Crippen molar-refractivity contribution in [2.75, 3.05) is 9.80 Å². The Morgan fingerprint density at radius 3 is 2.43 bits per heavy atom. The molecule has 0 unspecified atom stereocenters. The highest BCUT2D eigenvalue weighted by Crippen LogP contribution is 2.37. The van der Waals surface area contributed by atoms with Gasteiger partial charge in [0.15, 0.2) is 5.11 Å². The maximum Gasteiger partial charge on any atom is 0.259 e. The lowest BCUT2D eigenvalue weighted by Gasteiger charge is -2.29. The summed E-state index contributed by atoms with van der Waals surface area (Å²) in [6.45, 7) is 3.43. The van der Waals surface area contributed by atoms with Crippen molar-refractivity contribution in [2.24, 2.45) is 7.05 Å². The molecule has 0 saturated carbocycles. The van der Waals surface area contributed by atoms with Crippen molar-refractivity contribution >= 4 is 45.4 Å². The lowest BCUT2D eigenvalue weighted by Crippen LogP contribution is -2.44. The zero-order valence-electron chi connectivity index (χ0n) is 16.5. The molecule has 1 aliphatic heterocycles. The van der Waals surface area contributed by atoms with Crippen LogP contribution in [0.4, 0.5) is 15.8 Å². The van der Waals surface area contributed by atoms with Gasteiger partial charge in [0.05, 0.1) is 11.3 Å². The van der Waals surface area contributed by atoms with Crippen LogP contribution in [0.15, 0.2) is 53.5 Å². The number of aryl methyl sites for hydroxylation is 1. The molecular weight excluding hydrogens is 403 g/mol. The average molecular weight is 420 g/mol. The Morgan fingerprint density at radius 1 is 1.07 bits per heavy atom. The second-order valence-corrected chi connectivity index (χ2v) is 7.96. The monoisotopic (exact) mass is 420 g/mol. The van der Waals surface area contributed by atoms with E-state index in [1.54, 1.807) is 56.3 Å². The van der Waals surface area contributed by atoms with Gasteiger partial charge in [0.2, 0.25) is 0 Å². The fraction of sp³-hybridized carbons (Fsp3) is 0.182. The number of thiocarbonyl (C=S) groups is 1. The molecule has 6 nitrogen and oxygen atoms in total. The molecule has 1 aromatic heterocycles. The Morgan fingerprint density at radius 2 is 1.77 bits per heavy atom. The van der Waals surface area contributed by atoms with Crippen molar-refractivity contribution < 1.29 is 9.18 Å². The fourth-order valence-corrected chi connectivity index (χ4v) is 4.18. The quantitative estimate of drug-likeness (QED) is 0.594. The maximum atomic E-state index is 14.2. The highest BCUT2D eigenvalue weighted by Gasteiger charge is 2.50. The van der Waals surface area contributed by atoms with Crippen molar-refractivity contribution in [3.05, 3.63) is 70.4 Å². The van der Waals surface area contributed by atoms with Crippen LogP contribution in [0.25, 0.3) is 10.8 Å². The molecule has 4 rings (SSSR count). The van der Waals surface area contributed by atoms with Crippen molar-refractivity contribution in [1.29, 1.82) is 5.26 Å². The summed E-state index contributed by atoms with van der Waals surface area (Å²) in [5.41, 5.74) is -0.498. The van der Waals surface area contributed by atoms with Crippen LogP contribution in [0.5, 0.6) is 0 Å². The van der Waals surface area contributed by atoms with E-state index in [0.717, 1.165) is 11.5 Å². The van der Waals surface area contributed by atoms with E-state index in [2.05, 4.69) is 0 Å². The molecule has 0 radical (unpaired) electrons. The predicted molar refractivity (Wildman–Crippen MR) is 117 cm³/mol. The molecule has 0 bridgehead atoms. The summed E-state index contributed by atoms with van der Waals surface area (Å²) in [6.07, 6.45) is 1.69. The van der Waals surface area contributed by atoms with Crippen LogP contribution in [0.2, 0.25) is 0 Å². The molecule has 2 aromatic carbocycles. The van der Waals surface area contributed by atoms with Gasteiger partial charge in [-0.15, -0.1) is 0 Å². The first kappa shape index (κ1) is 19.7. The summed E-state index contributed by atoms with van der Waals surface area (Å²) in [6, 6.07) is 12.8. The SMILES string of the molecule is Cn1ccc2ccc(N3C(=S)N(c4ccc(C#N)c(F)c4)C(=O)C3(C)C)cc2c1=O. The minimum absolute atomic E-state index is 0.113. The van der Waals surface area contributed by atoms with E-state index in [1.807, 2.05) is 6.07 Å². The van der Waals surface area contributed by atoms with Gasteiger partial charge in [-0.3, -0.25) is 14.5 Å². The molecule has 1 fully saturated rings. The number of carbonyl (C=O) groups is 1. The zero-order valence-corrected chi connectivity index (χ0v) is 17.3. The van der Waals surface area contributed by atoms with Crippen LogP contribution in [0.3, 0.4) is 0 Å². The molecule has 0 atom stereocenters. The minimum Gasteiger partial charge on any atom is -0.318 e. The van der Waals surface area contributed by atoms with Crippen molar-refractivity contribution in [3.8, 4) is 6.07 Å². The third kappa shape index (κ3) is 2.78. The Labute approximate surface area is 177 Å². The second kappa shape index (κ2) is 6.75. The van der Waals surface area contributed by atoms with Gasteiger partial charge in [-0.25, -0.2) is 4.39 Å². The summed E-state index contributed by atoms with van der Waals surface area (Å²) >= 11 is 5.60. The molecule has 1 aliphatic rings. The van der Waals surface area contributed by atoms with Gasteiger partial charge in [0.1, 0.15) is 17.4 Å². The summed E-state index contributed by atoms with van der Waals surface area (Å²) in [7, 11) is 1.67. The molecule has 150 valence electrons. The highest BCUT2D eigenvalue weighted by atomic mass is 32.1. The van der Waals surface area contributed by atoms with Gasteiger partial charge in [-0.1, -0.05) is 6.07 Å². The largest absolute Gasteiger partial charge is 0.318 e. The lowest BCUT2D eigenvalue weighted by atomic mass is 10.0. The number of rotatable bonds is 2. The first-order valence-corrected chi connectivity index (χ1v) is 9.55. The number of anilines is 2. The summed E-state index contributed by atoms with van der Waals surface area (Å²) in [5.74, 6) is -1.06. The zero-order chi connectivity index (χ0) is 21.8. The van der Waals surface area contributed by atoms with Gasteiger partial charge in [-0.05, 0) is 67.8 Å². The Kier molecular flexibility index (Phi) is 4.44. The number of fused-ring (bicyclic) bond motifs is 1. The Balaban J connectivity index is 1.84. The maximum absolute atomic E-state index is 14.2. The Hall–Kier alpha value is -3.57. The molecule has 8 heteroatoms. The van der Waals surface area contributed by atoms with Gasteiger partial charge in [-0.2, -0.15) is 5.26 Å². The predicted octanol–water partition coefficient (Wildman–Crippen LogP) is 3.47. The summed E-state index contributed by atoms with van der Waals surface area (Å²) in [4.78, 5) is 28.7. The average Bonchev–Trinajstić information content (AvgIpc) is 2.89. The molecule has 0 spiro atoms. The molecule has 0 aliphatic carbocycles. The van der Waals surface area contributed by atoms with E-state index in [9.17, 15) is 14.0 Å². The number of amides is 1. The molecule has 3 aromatic rings. The molecule has 1 saturated heterocycles. The summed E-state index contributed by atoms with van der Waals surface area (Å²) in [5, 5.41) is 10.4. The van der Waals surface area contributed by atoms with Gasteiger partial charge in [0, 0.05) is 24.3 Å². The summed E-state index contributed by atoms with van der Waals surface area (Å²) < 4.78 is 15.7. The fourth-order valence-electron chi connectivity index (χ4n) is 3.65. The van der Waals surface area contributed by atoms with E-state index in [4.69, 9.17) is 17.5 Å². The Bertz CT molecular complexity index is 1340. The van der Waals surface area contributed by atoms with E-state index >= 15 is 0 Å². The molecule has 1 amide bonds. The number of carbonyl (C=O) groups excluding carboxylic acids is 1. The van der Waals surface area contributed by atoms with Crippen LogP contribution >= 0.6 is 12.2 Å². The number of nitriles is 1. The van der Waals surface area contributed by atoms with E-state index in [-0.39, 0.29) is 27.8 Å². The number of nitrogens with zero attached hydrogens (tertiary/aromatic N) is 4. The minimum atomic E-state index is -1.06. The third-order valence-corrected chi connectivity index (χ3v) is 5.69. The van der Waals surface area contributed by atoms with Crippen molar-refractivity contribution in [3.63, 3.8) is 0 Å². The standard InChI is InChI=1S/C22H17FN4O2S/c1-22(2)20(29)26(15-6-5-14(12-24)18(23)11-15)21(30)27(22)16-7-4-13-8-9-25(3)19(28)17(13)10-16/h4-11H,1-3H3. The van der Waals surface area contributed by atoms with Crippen LogP contribution in [-0.2, 0) is 11.8 Å². The molecule has 0 N–H and O–H groups in total. The van der Waals surface area contributed by atoms with Crippen LogP contribution in [-0.4, -0.2) is 21.1 Å². The van der Waals surface area contributed by atoms with Crippen LogP contribution < -0.4 is 15.4 Å². The number of pyridine rings is 1. The van der Waals surface area contributed by atoms with Gasteiger partial charge < -0.3 is 9.47 Å². The van der Waals surface area contributed by atoms with Crippen LogP contribution in [0.1, 0.15) is 19.4 Å². The number of hydrogen-bond donors (Lipinski definition) is 0. The van der Waals surface area contributed by atoms with Gasteiger partial charge >= 0.3 is 0 Å². The highest BCUT2D eigenvalue weighted by molar-refractivity contribution is 7.81. The van der Waals surface area contributed by atoms with E-state index < -0.39 is 11.4 Å². The van der Waals surface area contributed by atoms with Crippen molar-refractivity contribution in [1.82, 2.24) is 4.57 Å². The van der Waals surface area contributed by atoms with E-state index in [0.29, 0.717) is 11.1 Å². The van der Waals surface area contributed by atoms with Crippen molar-refractivity contribution in [2.45, 2.75) is 19.4 Å². The van der Waals surface area contributed by atoms with E-state index in [1.165, 1.54) is 21.6 Å². The second-order valence-electron chi connectivity index (χ2n) is 7.60. The van der Waals surface area contributed by atoms with Crippen LogP contribution in [0, 0.1) is 17.1 Å². The third-order valence-electron chi connectivity index (χ3n) is 5.32. The first-order valence-electron chi connectivity index (χ1n) is 9.14. The molecule has 30 heavy (non-hydrogen) atoms.